The van der Waals surface area contributed by atoms with Crippen LogP contribution in [0.15, 0.2) is 243 Å². The zero-order chi connectivity index (χ0) is 42.9. The second-order valence-corrected chi connectivity index (χ2v) is 22.7. The molecule has 0 radical (unpaired) electrons. The minimum Gasteiger partial charge on any atom is -0.309 e. The zero-order valence-electron chi connectivity index (χ0n) is 36.5. The topological polar surface area (TPSA) is 4.93 Å². The molecule has 0 atom stereocenters. The summed E-state index contributed by atoms with van der Waals surface area (Å²) < 4.78 is 2.51. The predicted octanol–water partition coefficient (Wildman–Crippen LogP) is 11.7. The van der Waals surface area contributed by atoms with Crippen LogP contribution in [0.1, 0.15) is 59.7 Å². The average molecular weight is 844 g/mol. The molecule has 0 bridgehead atoms. The summed E-state index contributed by atoms with van der Waals surface area (Å²) in [6.45, 7) is 6.88. The van der Waals surface area contributed by atoms with Crippen molar-refractivity contribution in [3.05, 3.63) is 282 Å². The van der Waals surface area contributed by atoms with Crippen molar-refractivity contribution in [2.45, 2.75) is 36.3 Å². The monoisotopic (exact) mass is 843 g/mol. The molecular formula is C60H53NSi2. The third-order valence-electron chi connectivity index (χ3n) is 13.4. The van der Waals surface area contributed by atoms with Crippen LogP contribution in [0.4, 0.5) is 0 Å². The van der Waals surface area contributed by atoms with Crippen LogP contribution in [0.5, 0.6) is 0 Å². The highest BCUT2D eigenvalue weighted by atomic mass is 28.2. The number of hydrogen-bond donors (Lipinski definition) is 0. The molecule has 0 N–H and O–H groups in total. The molecule has 0 amide bonds. The minimum absolute atomic E-state index is 0.0733. The Morgan fingerprint density at radius 3 is 0.857 bits per heavy atom. The van der Waals surface area contributed by atoms with Gasteiger partial charge in [0.15, 0.2) is 0 Å². The van der Waals surface area contributed by atoms with Crippen molar-refractivity contribution in [1.29, 1.82) is 0 Å². The Balaban J connectivity index is 1.20. The molecule has 306 valence electrons. The van der Waals surface area contributed by atoms with Crippen LogP contribution in [0.25, 0.3) is 27.5 Å². The van der Waals surface area contributed by atoms with Gasteiger partial charge in [0, 0.05) is 26.5 Å². The summed E-state index contributed by atoms with van der Waals surface area (Å²) in [7, 11) is -2.14. The van der Waals surface area contributed by atoms with Crippen molar-refractivity contribution in [3.63, 3.8) is 0 Å². The highest BCUT2D eigenvalue weighted by Crippen LogP contribution is 2.41. The first-order valence-electron chi connectivity index (χ1n) is 22.3. The van der Waals surface area contributed by atoms with Gasteiger partial charge < -0.3 is 4.57 Å². The molecule has 10 aromatic rings. The number of rotatable bonds is 11. The molecule has 0 saturated carbocycles. The quantitative estimate of drug-likeness (QED) is 0.0903. The standard InChI is InChI=1S/C60H53NSi2/c1-58(2,3)44-34-36-51(37-35-44)61-56-40-38-52(62-59(45-22-10-4-11-23-45,46-24-12-5-13-25-46)47-26-14-6-15-27-47)42-54(56)55-43-53(39-41-57(55)61)63-60(48-28-16-7-17-29-48,49-30-18-8-19-31-49)50-32-20-9-21-33-50/h4-43H,62-63H2,1-3H3. The Morgan fingerprint density at radius 2 is 0.587 bits per heavy atom. The van der Waals surface area contributed by atoms with Crippen molar-refractivity contribution < 1.29 is 0 Å². The van der Waals surface area contributed by atoms with Crippen LogP contribution in [0.3, 0.4) is 0 Å². The fraction of sp³-hybridized carbons (Fsp3) is 0.100. The van der Waals surface area contributed by atoms with Crippen LogP contribution in [-0.4, -0.2) is 23.6 Å². The summed E-state index contributed by atoms with van der Waals surface area (Å²) in [5, 5.41) is 4.98. The lowest BCUT2D eigenvalue weighted by atomic mass is 9.84. The number of hydrogen-bond acceptors (Lipinski definition) is 0. The van der Waals surface area contributed by atoms with Crippen molar-refractivity contribution in [2.75, 3.05) is 0 Å². The molecule has 0 spiro atoms. The van der Waals surface area contributed by atoms with Crippen molar-refractivity contribution >= 4 is 51.2 Å². The molecule has 0 aliphatic carbocycles. The third-order valence-corrected chi connectivity index (χ3v) is 18.6. The van der Waals surface area contributed by atoms with Crippen LogP contribution < -0.4 is 10.4 Å². The second-order valence-electron chi connectivity index (χ2n) is 18.2. The van der Waals surface area contributed by atoms with E-state index in [9.17, 15) is 0 Å². The highest BCUT2D eigenvalue weighted by molar-refractivity contribution is 6.60. The van der Waals surface area contributed by atoms with E-state index in [2.05, 4.69) is 268 Å². The molecule has 0 aliphatic heterocycles. The lowest BCUT2D eigenvalue weighted by Gasteiger charge is -2.36. The fourth-order valence-electron chi connectivity index (χ4n) is 10.3. The zero-order valence-corrected chi connectivity index (χ0v) is 39.3. The van der Waals surface area contributed by atoms with Gasteiger partial charge >= 0.3 is 0 Å². The van der Waals surface area contributed by atoms with Gasteiger partial charge in [0.05, 0.1) is 30.1 Å². The Hall–Kier alpha value is -6.79. The Kier molecular flexibility index (Phi) is 10.8. The van der Waals surface area contributed by atoms with E-state index in [4.69, 9.17) is 0 Å². The first-order valence-corrected chi connectivity index (χ1v) is 25.2. The van der Waals surface area contributed by atoms with E-state index in [1.807, 2.05) is 0 Å². The van der Waals surface area contributed by atoms with Gasteiger partial charge in [-0.3, -0.25) is 0 Å². The maximum atomic E-state index is 2.57. The summed E-state index contributed by atoms with van der Waals surface area (Å²) in [5.74, 6) is 0. The van der Waals surface area contributed by atoms with Gasteiger partial charge in [-0.25, -0.2) is 0 Å². The molecular weight excluding hydrogens is 791 g/mol. The molecule has 1 nitrogen and oxygen atoms in total. The van der Waals surface area contributed by atoms with Gasteiger partial charge in [0.2, 0.25) is 0 Å². The fourth-order valence-corrected chi connectivity index (χ4v) is 15.2. The molecule has 0 unspecified atom stereocenters. The Morgan fingerprint density at radius 1 is 0.302 bits per heavy atom. The van der Waals surface area contributed by atoms with E-state index in [0.717, 1.165) is 0 Å². The molecule has 1 aromatic heterocycles. The molecule has 0 fully saturated rings. The van der Waals surface area contributed by atoms with Crippen LogP contribution in [-0.2, 0) is 15.5 Å². The van der Waals surface area contributed by atoms with Crippen LogP contribution >= 0.6 is 0 Å². The maximum absolute atomic E-state index is 2.57. The van der Waals surface area contributed by atoms with Gasteiger partial charge in [0.1, 0.15) is 0 Å². The van der Waals surface area contributed by atoms with Gasteiger partial charge in [-0.1, -0.05) is 250 Å². The lowest BCUT2D eigenvalue weighted by molar-refractivity contribution is 0.590. The van der Waals surface area contributed by atoms with E-state index >= 15 is 0 Å². The van der Waals surface area contributed by atoms with Crippen LogP contribution in [0, 0.1) is 0 Å². The summed E-state index contributed by atoms with van der Waals surface area (Å²) in [5.41, 5.74) is 13.2. The maximum Gasteiger partial charge on any atom is 0.0773 e. The van der Waals surface area contributed by atoms with E-state index in [0.29, 0.717) is 0 Å². The van der Waals surface area contributed by atoms with Crippen molar-refractivity contribution in [1.82, 2.24) is 4.57 Å². The molecule has 0 saturated heterocycles. The van der Waals surface area contributed by atoms with Gasteiger partial charge in [-0.2, -0.15) is 0 Å². The van der Waals surface area contributed by atoms with Gasteiger partial charge in [-0.05, 0) is 68.6 Å². The molecule has 9 aromatic carbocycles. The van der Waals surface area contributed by atoms with E-state index in [1.54, 1.807) is 0 Å². The van der Waals surface area contributed by atoms with Crippen LogP contribution in [0.2, 0.25) is 0 Å². The smallest absolute Gasteiger partial charge is 0.0773 e. The largest absolute Gasteiger partial charge is 0.309 e. The van der Waals surface area contributed by atoms with E-state index in [-0.39, 0.29) is 15.5 Å². The lowest BCUT2D eigenvalue weighted by Crippen LogP contribution is -2.42. The van der Waals surface area contributed by atoms with E-state index < -0.39 is 19.0 Å². The SMILES string of the molecule is CC(C)(C)c1ccc(-n2c3ccc([SiH2]C(c4ccccc4)(c4ccccc4)c4ccccc4)cc3c3cc([SiH2]C(c4ccccc4)(c4ccccc4)c4ccccc4)ccc32)cc1. The molecule has 10 rings (SSSR count). The molecule has 3 heteroatoms. The molecule has 0 aliphatic rings. The van der Waals surface area contributed by atoms with Crippen molar-refractivity contribution in [3.8, 4) is 5.69 Å². The first-order chi connectivity index (χ1) is 30.8. The predicted molar refractivity (Wildman–Crippen MR) is 274 cm³/mol. The first kappa shape index (κ1) is 40.3. The highest BCUT2D eigenvalue weighted by Gasteiger charge is 2.38. The normalized spacial score (nSPS) is 12.6. The second kappa shape index (κ2) is 16.8. The van der Waals surface area contributed by atoms with Gasteiger partial charge in [0.25, 0.3) is 0 Å². The number of fused-ring (bicyclic) bond motifs is 3. The Bertz CT molecular complexity index is 2720. The summed E-state index contributed by atoms with van der Waals surface area (Å²) >= 11 is 0. The molecule has 1 heterocycles. The summed E-state index contributed by atoms with van der Waals surface area (Å²) in [4.78, 5) is 0. The molecule has 63 heavy (non-hydrogen) atoms. The summed E-state index contributed by atoms with van der Waals surface area (Å²) in [6, 6.07) is 91.6. The average Bonchev–Trinajstić information content (AvgIpc) is 3.66. The number of aromatic nitrogens is 1. The van der Waals surface area contributed by atoms with E-state index in [1.165, 1.54) is 76.8 Å². The summed E-state index contributed by atoms with van der Waals surface area (Å²) in [6.07, 6.45) is 0. The number of nitrogens with zero attached hydrogens (tertiary/aromatic N) is 1. The van der Waals surface area contributed by atoms with Gasteiger partial charge in [-0.15, -0.1) is 0 Å². The minimum atomic E-state index is -1.07. The Labute approximate surface area is 377 Å². The van der Waals surface area contributed by atoms with Crippen molar-refractivity contribution in [2.24, 2.45) is 0 Å². The number of benzene rings is 9. The third kappa shape index (κ3) is 7.41.